The Morgan fingerprint density at radius 3 is 2.00 bits per heavy atom. The summed E-state index contributed by atoms with van der Waals surface area (Å²) in [5.41, 5.74) is -0.264. The minimum atomic E-state index is -0.688. The van der Waals surface area contributed by atoms with Crippen molar-refractivity contribution in [3.63, 3.8) is 0 Å². The van der Waals surface area contributed by atoms with Gasteiger partial charge in [-0.3, -0.25) is 0 Å². The van der Waals surface area contributed by atoms with Crippen LogP contribution in [0, 0.1) is 5.41 Å². The zero-order valence-corrected chi connectivity index (χ0v) is 7.40. The van der Waals surface area contributed by atoms with Crippen LogP contribution in [-0.2, 0) is 0 Å². The molecule has 0 bridgehead atoms. The van der Waals surface area contributed by atoms with Crippen molar-refractivity contribution in [1.82, 2.24) is 0 Å². The van der Waals surface area contributed by atoms with Gasteiger partial charge in [-0.1, -0.05) is 33.0 Å². The Kier molecular flexibility index (Phi) is 3.42. The molecule has 0 heterocycles. The molecule has 3 heteroatoms. The van der Waals surface area contributed by atoms with Crippen molar-refractivity contribution in [1.29, 1.82) is 0 Å². The molecular formula is C7H14O2S. The normalized spacial score (nSPS) is 14.9. The van der Waals surface area contributed by atoms with Gasteiger partial charge < -0.3 is 10.2 Å². The van der Waals surface area contributed by atoms with Crippen LogP contribution >= 0.6 is 12.2 Å². The Balaban J connectivity index is 4.08. The van der Waals surface area contributed by atoms with Gasteiger partial charge in [0.2, 0.25) is 0 Å². The van der Waals surface area contributed by atoms with Crippen LogP contribution in [0.3, 0.4) is 0 Å². The third kappa shape index (κ3) is 2.73. The van der Waals surface area contributed by atoms with E-state index in [1.807, 2.05) is 20.8 Å². The topological polar surface area (TPSA) is 40.5 Å². The molecule has 0 aromatic rings. The Hall–Kier alpha value is 0.01000. The first-order valence-corrected chi connectivity index (χ1v) is 3.62. The van der Waals surface area contributed by atoms with Gasteiger partial charge in [-0.15, -0.1) is 0 Å². The maximum atomic E-state index is 9.35. The summed E-state index contributed by atoms with van der Waals surface area (Å²) in [6, 6.07) is 0. The van der Waals surface area contributed by atoms with Crippen LogP contribution < -0.4 is 0 Å². The summed E-state index contributed by atoms with van der Waals surface area (Å²) in [7, 11) is 0. The lowest BCUT2D eigenvalue weighted by Crippen LogP contribution is -2.34. The molecule has 0 fully saturated rings. The molecule has 0 saturated carbocycles. The second-order valence-corrected chi connectivity index (χ2v) is 3.92. The molecule has 0 aromatic carbocycles. The highest BCUT2D eigenvalue weighted by Crippen LogP contribution is 2.19. The third-order valence-corrected chi connectivity index (χ3v) is 1.63. The van der Waals surface area contributed by atoms with E-state index in [4.69, 9.17) is 17.3 Å². The first-order valence-electron chi connectivity index (χ1n) is 3.21. The molecule has 10 heavy (non-hydrogen) atoms. The summed E-state index contributed by atoms with van der Waals surface area (Å²) >= 11 is 4.73. The van der Waals surface area contributed by atoms with Crippen LogP contribution in [0.5, 0.6) is 0 Å². The SMILES string of the molecule is CC(C)(C)C(O)C(=S)CO. The molecule has 0 spiro atoms. The van der Waals surface area contributed by atoms with Crippen LogP contribution in [0.4, 0.5) is 0 Å². The molecule has 0 amide bonds. The number of aliphatic hydroxyl groups excluding tert-OH is 2. The summed E-state index contributed by atoms with van der Waals surface area (Å²) < 4.78 is 0. The summed E-state index contributed by atoms with van der Waals surface area (Å²) in [6.45, 7) is 5.41. The van der Waals surface area contributed by atoms with Gasteiger partial charge in [0.05, 0.1) is 12.7 Å². The standard InChI is InChI=1S/C7H14O2S/c1-7(2,3)6(9)5(10)4-8/h6,8-9H,4H2,1-3H3. The predicted molar refractivity (Wildman–Crippen MR) is 45.1 cm³/mol. The molecule has 60 valence electrons. The van der Waals surface area contributed by atoms with E-state index in [2.05, 4.69) is 0 Å². The second kappa shape index (κ2) is 3.42. The smallest absolute Gasteiger partial charge is 0.0923 e. The largest absolute Gasteiger partial charge is 0.391 e. The van der Waals surface area contributed by atoms with Gasteiger partial charge in [-0.05, 0) is 5.41 Å². The van der Waals surface area contributed by atoms with Gasteiger partial charge >= 0.3 is 0 Å². The molecule has 2 N–H and O–H groups in total. The zero-order valence-electron chi connectivity index (χ0n) is 6.59. The molecule has 1 unspecified atom stereocenters. The number of hydrogen-bond donors (Lipinski definition) is 2. The van der Waals surface area contributed by atoms with Crippen LogP contribution in [0.2, 0.25) is 0 Å². The molecule has 0 saturated heterocycles. The molecule has 0 aliphatic heterocycles. The fourth-order valence-electron chi connectivity index (χ4n) is 0.569. The van der Waals surface area contributed by atoms with Crippen molar-refractivity contribution in [2.45, 2.75) is 26.9 Å². The molecule has 0 aromatic heterocycles. The van der Waals surface area contributed by atoms with Gasteiger partial charge in [0.25, 0.3) is 0 Å². The van der Waals surface area contributed by atoms with Crippen LogP contribution in [0.25, 0.3) is 0 Å². The molecule has 0 radical (unpaired) electrons. The Morgan fingerprint density at radius 1 is 1.50 bits per heavy atom. The van der Waals surface area contributed by atoms with Gasteiger partial charge in [0, 0.05) is 4.86 Å². The summed E-state index contributed by atoms with van der Waals surface area (Å²) in [5.74, 6) is 0. The highest BCUT2D eigenvalue weighted by molar-refractivity contribution is 7.80. The molecule has 0 aliphatic carbocycles. The van der Waals surface area contributed by atoms with E-state index in [-0.39, 0.29) is 12.0 Å². The average molecular weight is 162 g/mol. The molecule has 0 aliphatic rings. The highest BCUT2D eigenvalue weighted by atomic mass is 32.1. The lowest BCUT2D eigenvalue weighted by Gasteiger charge is -2.25. The molecule has 1 atom stereocenters. The summed E-state index contributed by atoms with van der Waals surface area (Å²) in [6.07, 6.45) is -0.688. The van der Waals surface area contributed by atoms with E-state index in [1.165, 1.54) is 0 Å². The lowest BCUT2D eigenvalue weighted by atomic mass is 9.87. The van der Waals surface area contributed by atoms with E-state index in [1.54, 1.807) is 0 Å². The first kappa shape index (κ1) is 10.0. The number of aliphatic hydroxyl groups is 2. The van der Waals surface area contributed by atoms with Gasteiger partial charge in [0.1, 0.15) is 0 Å². The van der Waals surface area contributed by atoms with Crippen molar-refractivity contribution in [3.8, 4) is 0 Å². The number of hydrogen-bond acceptors (Lipinski definition) is 3. The van der Waals surface area contributed by atoms with Gasteiger partial charge in [0.15, 0.2) is 0 Å². The Morgan fingerprint density at radius 2 is 1.90 bits per heavy atom. The maximum Gasteiger partial charge on any atom is 0.0923 e. The third-order valence-electron chi connectivity index (χ3n) is 1.28. The summed E-state index contributed by atoms with van der Waals surface area (Å²) in [5, 5.41) is 17.9. The van der Waals surface area contributed by atoms with E-state index in [9.17, 15) is 5.11 Å². The highest BCUT2D eigenvalue weighted by Gasteiger charge is 2.24. The van der Waals surface area contributed by atoms with Crippen molar-refractivity contribution in [2.24, 2.45) is 5.41 Å². The van der Waals surface area contributed by atoms with Crippen molar-refractivity contribution in [2.75, 3.05) is 6.61 Å². The van der Waals surface area contributed by atoms with Gasteiger partial charge in [-0.25, -0.2) is 0 Å². The van der Waals surface area contributed by atoms with E-state index in [0.717, 1.165) is 0 Å². The molecular weight excluding hydrogens is 148 g/mol. The van der Waals surface area contributed by atoms with Crippen molar-refractivity contribution in [3.05, 3.63) is 0 Å². The maximum absolute atomic E-state index is 9.35. The van der Waals surface area contributed by atoms with Gasteiger partial charge in [-0.2, -0.15) is 0 Å². The second-order valence-electron chi connectivity index (χ2n) is 3.39. The van der Waals surface area contributed by atoms with Crippen molar-refractivity contribution >= 4 is 17.1 Å². The monoisotopic (exact) mass is 162 g/mol. The molecule has 0 rings (SSSR count). The fourth-order valence-corrected chi connectivity index (χ4v) is 0.923. The van der Waals surface area contributed by atoms with E-state index in [0.29, 0.717) is 4.86 Å². The minimum Gasteiger partial charge on any atom is -0.391 e. The lowest BCUT2D eigenvalue weighted by molar-refractivity contribution is 0.119. The fraction of sp³-hybridized carbons (Fsp3) is 0.857. The van der Waals surface area contributed by atoms with Crippen LogP contribution in [0.15, 0.2) is 0 Å². The summed E-state index contributed by atoms with van der Waals surface area (Å²) in [4.78, 5) is 0.313. The van der Waals surface area contributed by atoms with E-state index < -0.39 is 6.10 Å². The predicted octanol–water partition coefficient (Wildman–Crippen LogP) is 0.756. The zero-order chi connectivity index (χ0) is 8.36. The Labute approximate surface area is 66.9 Å². The quantitative estimate of drug-likeness (QED) is 0.589. The van der Waals surface area contributed by atoms with Crippen molar-refractivity contribution < 1.29 is 10.2 Å². The minimum absolute atomic E-state index is 0.215. The Bertz CT molecular complexity index is 126. The number of rotatable bonds is 2. The number of thiocarbonyl (C=S) groups is 1. The first-order chi connectivity index (χ1) is 4.39. The van der Waals surface area contributed by atoms with Crippen LogP contribution in [0.1, 0.15) is 20.8 Å². The molecule has 2 nitrogen and oxygen atoms in total. The average Bonchev–Trinajstić information content (AvgIpc) is 1.83. The van der Waals surface area contributed by atoms with E-state index >= 15 is 0 Å². The van der Waals surface area contributed by atoms with Crippen LogP contribution in [-0.4, -0.2) is 27.8 Å².